The van der Waals surface area contributed by atoms with Crippen LogP contribution in [0.4, 0.5) is 5.69 Å². The second kappa shape index (κ2) is 4.66. The molecule has 98 valence electrons. The van der Waals surface area contributed by atoms with Gasteiger partial charge in [0.2, 0.25) is 5.91 Å². The number of nitrogens with two attached hydrogens (primary N) is 1. The van der Waals surface area contributed by atoms with Crippen LogP contribution in [0.5, 0.6) is 11.5 Å². The minimum absolute atomic E-state index is 0. The number of hydrogen-bond acceptors (Lipinski definition) is 4. The molecule has 0 spiro atoms. The van der Waals surface area contributed by atoms with E-state index in [-0.39, 0.29) is 18.3 Å². The number of fused-ring (bicyclic) bond motifs is 1. The van der Waals surface area contributed by atoms with E-state index in [4.69, 9.17) is 15.2 Å². The highest BCUT2D eigenvalue weighted by Gasteiger charge is 2.45. The van der Waals surface area contributed by atoms with Crippen molar-refractivity contribution in [3.8, 4) is 11.5 Å². The van der Waals surface area contributed by atoms with Crippen LogP contribution in [0.25, 0.3) is 0 Å². The van der Waals surface area contributed by atoms with Crippen molar-refractivity contribution in [1.82, 2.24) is 0 Å². The molecular weight excluding hydrogens is 256 g/mol. The molecule has 5 nitrogen and oxygen atoms in total. The monoisotopic (exact) mass is 270 g/mol. The van der Waals surface area contributed by atoms with Gasteiger partial charge in [0.15, 0.2) is 11.5 Å². The SMILES string of the molecule is Cl.NC1(C(=O)Nc2ccc3c(c2)OCCO3)CC1. The molecule has 1 aromatic carbocycles. The summed E-state index contributed by atoms with van der Waals surface area (Å²) in [6.45, 7) is 1.09. The Labute approximate surface area is 111 Å². The van der Waals surface area contributed by atoms with E-state index >= 15 is 0 Å². The van der Waals surface area contributed by atoms with Crippen LogP contribution < -0.4 is 20.5 Å². The highest BCUT2D eigenvalue weighted by molar-refractivity contribution is 6.00. The Hall–Kier alpha value is -1.46. The van der Waals surface area contributed by atoms with Gasteiger partial charge in [-0.05, 0) is 25.0 Å². The van der Waals surface area contributed by atoms with Gasteiger partial charge in [-0.15, -0.1) is 12.4 Å². The van der Waals surface area contributed by atoms with E-state index in [1.165, 1.54) is 0 Å². The first-order valence-corrected chi connectivity index (χ1v) is 5.67. The fraction of sp³-hybridized carbons (Fsp3) is 0.417. The quantitative estimate of drug-likeness (QED) is 0.850. The Morgan fingerprint density at radius 2 is 1.89 bits per heavy atom. The number of rotatable bonds is 2. The van der Waals surface area contributed by atoms with Gasteiger partial charge >= 0.3 is 0 Å². The summed E-state index contributed by atoms with van der Waals surface area (Å²) in [6, 6.07) is 5.34. The van der Waals surface area contributed by atoms with Crippen LogP contribution in [-0.4, -0.2) is 24.7 Å². The number of halogens is 1. The third-order valence-corrected chi connectivity index (χ3v) is 3.04. The van der Waals surface area contributed by atoms with E-state index in [1.54, 1.807) is 18.2 Å². The van der Waals surface area contributed by atoms with Crippen LogP contribution in [0.2, 0.25) is 0 Å². The van der Waals surface area contributed by atoms with Gasteiger partial charge in [-0.1, -0.05) is 0 Å². The van der Waals surface area contributed by atoms with Crippen LogP contribution in [0.1, 0.15) is 12.8 Å². The second-order valence-electron chi connectivity index (χ2n) is 4.47. The molecule has 3 N–H and O–H groups in total. The van der Waals surface area contributed by atoms with Gasteiger partial charge in [0.05, 0.1) is 5.54 Å². The van der Waals surface area contributed by atoms with Crippen LogP contribution in [0.15, 0.2) is 18.2 Å². The average molecular weight is 271 g/mol. The number of anilines is 1. The number of hydrogen-bond donors (Lipinski definition) is 2. The summed E-state index contributed by atoms with van der Waals surface area (Å²) < 4.78 is 10.8. The molecule has 1 amide bonds. The lowest BCUT2D eigenvalue weighted by molar-refractivity contribution is -0.118. The molecule has 0 radical (unpaired) electrons. The van der Waals surface area contributed by atoms with Gasteiger partial charge in [0.1, 0.15) is 13.2 Å². The maximum Gasteiger partial charge on any atom is 0.244 e. The maximum absolute atomic E-state index is 11.8. The van der Waals surface area contributed by atoms with E-state index in [0.29, 0.717) is 30.4 Å². The number of carbonyl (C=O) groups is 1. The van der Waals surface area contributed by atoms with Crippen molar-refractivity contribution >= 4 is 24.0 Å². The molecule has 0 bridgehead atoms. The number of carbonyl (C=O) groups excluding carboxylic acids is 1. The average Bonchev–Trinajstić information content (AvgIpc) is 3.09. The zero-order valence-corrected chi connectivity index (χ0v) is 10.6. The van der Waals surface area contributed by atoms with Gasteiger partial charge in [-0.25, -0.2) is 0 Å². The predicted octanol–water partition coefficient (Wildman–Crippen LogP) is 1.31. The predicted molar refractivity (Wildman–Crippen MR) is 69.5 cm³/mol. The van der Waals surface area contributed by atoms with Crippen molar-refractivity contribution in [2.45, 2.75) is 18.4 Å². The molecule has 0 unspecified atom stereocenters. The summed E-state index contributed by atoms with van der Waals surface area (Å²) in [5.41, 5.74) is 5.84. The van der Waals surface area contributed by atoms with Crippen LogP contribution in [0, 0.1) is 0 Å². The lowest BCUT2D eigenvalue weighted by Gasteiger charge is -2.19. The van der Waals surface area contributed by atoms with Crippen LogP contribution in [0.3, 0.4) is 0 Å². The molecule has 1 aliphatic heterocycles. The molecular formula is C12H15ClN2O3. The summed E-state index contributed by atoms with van der Waals surface area (Å²) >= 11 is 0. The van der Waals surface area contributed by atoms with Gasteiger partial charge < -0.3 is 20.5 Å². The van der Waals surface area contributed by atoms with E-state index in [1.807, 2.05) is 0 Å². The fourth-order valence-corrected chi connectivity index (χ4v) is 1.74. The van der Waals surface area contributed by atoms with Gasteiger partial charge in [-0.3, -0.25) is 4.79 Å². The van der Waals surface area contributed by atoms with Crippen molar-refractivity contribution in [1.29, 1.82) is 0 Å². The van der Waals surface area contributed by atoms with Crippen molar-refractivity contribution in [2.24, 2.45) is 5.73 Å². The summed E-state index contributed by atoms with van der Waals surface area (Å²) in [5.74, 6) is 1.24. The summed E-state index contributed by atoms with van der Waals surface area (Å²) in [5, 5.41) is 2.79. The van der Waals surface area contributed by atoms with Crippen molar-refractivity contribution in [3.05, 3.63) is 18.2 Å². The maximum atomic E-state index is 11.8. The minimum atomic E-state index is -0.659. The van der Waals surface area contributed by atoms with E-state index < -0.39 is 5.54 Å². The van der Waals surface area contributed by atoms with Crippen molar-refractivity contribution in [3.63, 3.8) is 0 Å². The topological polar surface area (TPSA) is 73.6 Å². The molecule has 6 heteroatoms. The van der Waals surface area contributed by atoms with Crippen molar-refractivity contribution in [2.75, 3.05) is 18.5 Å². The van der Waals surface area contributed by atoms with Crippen molar-refractivity contribution < 1.29 is 14.3 Å². The number of nitrogens with one attached hydrogen (secondary N) is 1. The third-order valence-electron chi connectivity index (χ3n) is 3.04. The molecule has 0 aromatic heterocycles. The largest absolute Gasteiger partial charge is 0.486 e. The Kier molecular flexibility index (Phi) is 3.36. The first kappa shape index (κ1) is 13.0. The lowest BCUT2D eigenvalue weighted by Crippen LogP contribution is -2.37. The molecule has 1 aliphatic carbocycles. The van der Waals surface area contributed by atoms with Crippen LogP contribution >= 0.6 is 12.4 Å². The first-order valence-electron chi connectivity index (χ1n) is 5.67. The lowest BCUT2D eigenvalue weighted by atomic mass is 10.2. The summed E-state index contributed by atoms with van der Waals surface area (Å²) in [7, 11) is 0. The zero-order valence-electron chi connectivity index (χ0n) is 9.77. The van der Waals surface area contributed by atoms with Gasteiger partial charge in [0.25, 0.3) is 0 Å². The molecule has 0 saturated heterocycles. The Bertz CT molecular complexity index is 474. The highest BCUT2D eigenvalue weighted by Crippen LogP contribution is 2.35. The van der Waals surface area contributed by atoms with E-state index in [2.05, 4.69) is 5.32 Å². The molecule has 1 heterocycles. The first-order chi connectivity index (χ1) is 8.17. The molecule has 1 aromatic rings. The van der Waals surface area contributed by atoms with E-state index in [9.17, 15) is 4.79 Å². The second-order valence-corrected chi connectivity index (χ2v) is 4.47. The van der Waals surface area contributed by atoms with Crippen LogP contribution in [-0.2, 0) is 4.79 Å². The normalized spacial score (nSPS) is 18.5. The fourth-order valence-electron chi connectivity index (χ4n) is 1.74. The number of benzene rings is 1. The third kappa shape index (κ3) is 2.37. The Morgan fingerprint density at radius 3 is 2.56 bits per heavy atom. The highest BCUT2D eigenvalue weighted by atomic mass is 35.5. The summed E-state index contributed by atoms with van der Waals surface area (Å²) in [6.07, 6.45) is 1.51. The number of ether oxygens (including phenoxy) is 2. The molecule has 3 rings (SSSR count). The molecule has 18 heavy (non-hydrogen) atoms. The minimum Gasteiger partial charge on any atom is -0.486 e. The standard InChI is InChI=1S/C12H14N2O3.ClH/c13-12(3-4-12)11(15)14-8-1-2-9-10(7-8)17-6-5-16-9;/h1-2,7H,3-6,13H2,(H,14,15);1H. The number of amides is 1. The Morgan fingerprint density at radius 1 is 1.22 bits per heavy atom. The van der Waals surface area contributed by atoms with Gasteiger partial charge in [0, 0.05) is 11.8 Å². The zero-order chi connectivity index (χ0) is 11.9. The smallest absolute Gasteiger partial charge is 0.244 e. The molecule has 0 atom stereocenters. The molecule has 1 saturated carbocycles. The molecule has 2 aliphatic rings. The van der Waals surface area contributed by atoms with Gasteiger partial charge in [-0.2, -0.15) is 0 Å². The van der Waals surface area contributed by atoms with E-state index in [0.717, 1.165) is 12.8 Å². The Balaban J connectivity index is 0.00000120. The summed E-state index contributed by atoms with van der Waals surface area (Å²) in [4.78, 5) is 11.8. The molecule has 1 fully saturated rings.